The first-order chi connectivity index (χ1) is 10.8. The van der Waals surface area contributed by atoms with Crippen molar-refractivity contribution in [3.05, 3.63) is 30.3 Å². The number of urea groups is 1. The Morgan fingerprint density at radius 2 is 2.23 bits per heavy atom. The first kappa shape index (κ1) is 14.2. The molecule has 7 heteroatoms. The number of benzene rings is 1. The highest BCUT2D eigenvalue weighted by Crippen LogP contribution is 2.29. The summed E-state index contributed by atoms with van der Waals surface area (Å²) < 4.78 is 10.9. The van der Waals surface area contributed by atoms with Gasteiger partial charge in [0.05, 0.1) is 19.3 Å². The highest BCUT2D eigenvalue weighted by molar-refractivity contribution is 5.76. The van der Waals surface area contributed by atoms with E-state index in [0.29, 0.717) is 25.6 Å². The van der Waals surface area contributed by atoms with Crippen molar-refractivity contribution in [3.8, 4) is 22.9 Å². The second kappa shape index (κ2) is 6.38. The molecule has 1 aromatic carbocycles. The van der Waals surface area contributed by atoms with Gasteiger partial charge in [-0.3, -0.25) is 5.10 Å². The topological polar surface area (TPSA) is 79.5 Å². The van der Waals surface area contributed by atoms with E-state index in [1.807, 2.05) is 30.3 Å². The fraction of sp³-hybridized carbons (Fsp3) is 0.333. The average molecular weight is 302 g/mol. The van der Waals surface area contributed by atoms with Crippen molar-refractivity contribution in [2.24, 2.45) is 0 Å². The van der Waals surface area contributed by atoms with Crippen LogP contribution >= 0.6 is 0 Å². The maximum Gasteiger partial charge on any atom is 0.317 e. The number of methoxy groups -OCH3 is 1. The molecule has 0 aliphatic carbocycles. The van der Waals surface area contributed by atoms with Gasteiger partial charge in [-0.2, -0.15) is 0 Å². The van der Waals surface area contributed by atoms with E-state index in [-0.39, 0.29) is 6.03 Å². The molecular formula is C15H18N4O3. The van der Waals surface area contributed by atoms with E-state index in [2.05, 4.69) is 15.5 Å². The van der Waals surface area contributed by atoms with Crippen molar-refractivity contribution in [1.29, 1.82) is 0 Å². The predicted molar refractivity (Wildman–Crippen MR) is 81.0 cm³/mol. The van der Waals surface area contributed by atoms with Gasteiger partial charge < -0.3 is 19.7 Å². The summed E-state index contributed by atoms with van der Waals surface area (Å²) >= 11 is 0. The van der Waals surface area contributed by atoms with Crippen LogP contribution in [0.4, 0.5) is 4.79 Å². The zero-order chi connectivity index (χ0) is 15.4. The number of para-hydroxylation sites is 1. The summed E-state index contributed by atoms with van der Waals surface area (Å²) in [7, 11) is 1.63. The number of hydrogen-bond acceptors (Lipinski definition) is 4. The number of aromatic nitrogens is 2. The molecule has 1 saturated heterocycles. The SMILES string of the molecule is COc1ccccc1-c1cc(OCCN2CCNC2=O)n[nH]1. The maximum absolute atomic E-state index is 11.4. The summed E-state index contributed by atoms with van der Waals surface area (Å²) in [5.41, 5.74) is 1.75. The fourth-order valence-corrected chi connectivity index (χ4v) is 2.37. The second-order valence-electron chi connectivity index (χ2n) is 4.89. The van der Waals surface area contributed by atoms with Crippen molar-refractivity contribution in [2.75, 3.05) is 33.4 Å². The van der Waals surface area contributed by atoms with Crippen LogP contribution in [0.15, 0.2) is 30.3 Å². The fourth-order valence-electron chi connectivity index (χ4n) is 2.37. The number of carbonyl (C=O) groups excluding carboxylic acids is 1. The van der Waals surface area contributed by atoms with Gasteiger partial charge >= 0.3 is 6.03 Å². The Morgan fingerprint density at radius 1 is 1.36 bits per heavy atom. The molecule has 2 heterocycles. The Morgan fingerprint density at radius 3 is 3.00 bits per heavy atom. The number of hydrogen-bond donors (Lipinski definition) is 2. The van der Waals surface area contributed by atoms with Crippen molar-refractivity contribution in [1.82, 2.24) is 20.4 Å². The molecule has 1 aliphatic heterocycles. The van der Waals surface area contributed by atoms with Crippen LogP contribution in [0.25, 0.3) is 11.3 Å². The van der Waals surface area contributed by atoms with E-state index < -0.39 is 0 Å². The van der Waals surface area contributed by atoms with E-state index in [9.17, 15) is 4.79 Å². The number of nitrogens with one attached hydrogen (secondary N) is 2. The van der Waals surface area contributed by atoms with Crippen LogP contribution in [0, 0.1) is 0 Å². The van der Waals surface area contributed by atoms with Crippen molar-refractivity contribution in [3.63, 3.8) is 0 Å². The third-order valence-electron chi connectivity index (χ3n) is 3.51. The highest BCUT2D eigenvalue weighted by Gasteiger charge is 2.19. The lowest BCUT2D eigenvalue weighted by Gasteiger charge is -2.13. The smallest absolute Gasteiger partial charge is 0.317 e. The van der Waals surface area contributed by atoms with Gasteiger partial charge in [-0.15, -0.1) is 5.10 Å². The molecule has 0 atom stereocenters. The average Bonchev–Trinajstić information content (AvgIpc) is 3.17. The van der Waals surface area contributed by atoms with Crippen LogP contribution in [-0.4, -0.2) is 54.5 Å². The van der Waals surface area contributed by atoms with Gasteiger partial charge in [-0.05, 0) is 12.1 Å². The van der Waals surface area contributed by atoms with Crippen molar-refractivity contribution < 1.29 is 14.3 Å². The molecule has 7 nitrogen and oxygen atoms in total. The minimum Gasteiger partial charge on any atom is -0.496 e. The summed E-state index contributed by atoms with van der Waals surface area (Å²) in [6.07, 6.45) is 0. The van der Waals surface area contributed by atoms with Gasteiger partial charge in [0.2, 0.25) is 5.88 Å². The zero-order valence-electron chi connectivity index (χ0n) is 12.3. The number of ether oxygens (including phenoxy) is 2. The zero-order valence-corrected chi connectivity index (χ0v) is 12.3. The van der Waals surface area contributed by atoms with Crippen molar-refractivity contribution >= 4 is 6.03 Å². The lowest BCUT2D eigenvalue weighted by atomic mass is 10.1. The number of aromatic amines is 1. The first-order valence-corrected chi connectivity index (χ1v) is 7.12. The van der Waals surface area contributed by atoms with Crippen LogP contribution in [0.5, 0.6) is 11.6 Å². The molecule has 1 fully saturated rings. The minimum atomic E-state index is -0.0414. The number of rotatable bonds is 6. The molecule has 116 valence electrons. The standard InChI is InChI=1S/C15H18N4O3/c1-21-13-5-3-2-4-11(13)12-10-14(18-17-12)22-9-8-19-7-6-16-15(19)20/h2-5,10H,6-9H2,1H3,(H,16,20)(H,17,18). The molecule has 0 spiro atoms. The van der Waals surface area contributed by atoms with Crippen LogP contribution in [0.1, 0.15) is 0 Å². The molecule has 1 aromatic heterocycles. The normalized spacial score (nSPS) is 14.0. The van der Waals surface area contributed by atoms with Gasteiger partial charge in [0.25, 0.3) is 0 Å². The van der Waals surface area contributed by atoms with Crippen LogP contribution in [0.3, 0.4) is 0 Å². The van der Waals surface area contributed by atoms with E-state index in [1.165, 1.54) is 0 Å². The van der Waals surface area contributed by atoms with Gasteiger partial charge in [0.15, 0.2) is 0 Å². The van der Waals surface area contributed by atoms with Crippen LogP contribution < -0.4 is 14.8 Å². The summed E-state index contributed by atoms with van der Waals surface area (Å²) in [6.45, 7) is 2.36. The van der Waals surface area contributed by atoms with E-state index in [0.717, 1.165) is 23.6 Å². The Hall–Kier alpha value is -2.70. The quantitative estimate of drug-likeness (QED) is 0.847. The van der Waals surface area contributed by atoms with Gasteiger partial charge in [-0.1, -0.05) is 12.1 Å². The summed E-state index contributed by atoms with van der Waals surface area (Å²) in [4.78, 5) is 13.1. The Balaban J connectivity index is 1.60. The monoisotopic (exact) mass is 302 g/mol. The highest BCUT2D eigenvalue weighted by atomic mass is 16.5. The number of H-pyrrole nitrogens is 1. The summed E-state index contributed by atoms with van der Waals surface area (Å²) in [5.74, 6) is 1.27. The van der Waals surface area contributed by atoms with E-state index in [1.54, 1.807) is 12.0 Å². The van der Waals surface area contributed by atoms with E-state index >= 15 is 0 Å². The maximum atomic E-state index is 11.4. The molecule has 2 aromatic rings. The minimum absolute atomic E-state index is 0.0414. The molecule has 2 amide bonds. The summed E-state index contributed by atoms with van der Waals surface area (Å²) in [6, 6.07) is 9.47. The Kier molecular flexibility index (Phi) is 4.13. The van der Waals surface area contributed by atoms with Gasteiger partial charge in [0.1, 0.15) is 12.4 Å². The second-order valence-corrected chi connectivity index (χ2v) is 4.89. The van der Waals surface area contributed by atoms with Gasteiger partial charge in [-0.25, -0.2) is 4.79 Å². The Bertz CT molecular complexity index is 656. The lowest BCUT2D eigenvalue weighted by Crippen LogP contribution is -2.31. The number of nitrogens with zero attached hydrogens (tertiary/aromatic N) is 2. The molecule has 0 radical (unpaired) electrons. The molecular weight excluding hydrogens is 284 g/mol. The van der Waals surface area contributed by atoms with Crippen LogP contribution in [-0.2, 0) is 0 Å². The lowest BCUT2D eigenvalue weighted by molar-refractivity contribution is 0.201. The molecule has 0 saturated carbocycles. The molecule has 3 rings (SSSR count). The van der Waals surface area contributed by atoms with Gasteiger partial charge in [0, 0.05) is 24.7 Å². The largest absolute Gasteiger partial charge is 0.496 e. The number of carbonyl (C=O) groups is 1. The third kappa shape index (κ3) is 2.98. The van der Waals surface area contributed by atoms with E-state index in [4.69, 9.17) is 9.47 Å². The number of amides is 2. The molecule has 22 heavy (non-hydrogen) atoms. The third-order valence-corrected chi connectivity index (χ3v) is 3.51. The van der Waals surface area contributed by atoms with Crippen molar-refractivity contribution in [2.45, 2.75) is 0 Å². The first-order valence-electron chi connectivity index (χ1n) is 7.12. The molecule has 0 unspecified atom stereocenters. The summed E-state index contributed by atoms with van der Waals surface area (Å²) in [5, 5.41) is 9.82. The van der Waals surface area contributed by atoms with Crippen LogP contribution in [0.2, 0.25) is 0 Å². The molecule has 0 bridgehead atoms. The predicted octanol–water partition coefficient (Wildman–Crippen LogP) is 1.49. The molecule has 1 aliphatic rings. The Labute approximate surface area is 128 Å². The molecule has 2 N–H and O–H groups in total.